The van der Waals surface area contributed by atoms with Crippen LogP contribution >= 0.6 is 22.9 Å². The largest absolute Gasteiger partial charge is 0.368 e. The van der Waals surface area contributed by atoms with E-state index in [0.717, 1.165) is 0 Å². The van der Waals surface area contributed by atoms with E-state index in [-0.39, 0.29) is 0 Å². The van der Waals surface area contributed by atoms with Crippen LogP contribution < -0.4 is 11.5 Å². The normalized spacial score (nSPS) is 12.9. The lowest BCUT2D eigenvalue weighted by atomic mass is 10.2. The van der Waals surface area contributed by atoms with Gasteiger partial charge in [0.15, 0.2) is 0 Å². The Balaban J connectivity index is 2.84. The third-order valence-corrected chi connectivity index (χ3v) is 2.52. The summed E-state index contributed by atoms with van der Waals surface area (Å²) >= 11 is 6.88. The quantitative estimate of drug-likeness (QED) is 0.727. The monoisotopic (exact) mass is 190 g/mol. The topological polar surface area (TPSA) is 69.1 Å². The molecule has 60 valence electrons. The Bertz CT molecular complexity index is 273. The number of halogens is 1. The molecule has 0 radical (unpaired) electrons. The van der Waals surface area contributed by atoms with Crippen LogP contribution in [0.3, 0.4) is 0 Å². The summed E-state index contributed by atoms with van der Waals surface area (Å²) in [5.41, 5.74) is 10.4. The molecule has 1 unspecified atom stereocenters. The van der Waals surface area contributed by atoms with E-state index in [1.54, 1.807) is 12.1 Å². The lowest BCUT2D eigenvalue weighted by molar-refractivity contribution is -0.119. The highest BCUT2D eigenvalue weighted by molar-refractivity contribution is 7.16. The highest BCUT2D eigenvalue weighted by atomic mass is 35.5. The van der Waals surface area contributed by atoms with Crippen LogP contribution in [-0.4, -0.2) is 5.91 Å². The molecule has 3 nitrogen and oxygen atoms in total. The van der Waals surface area contributed by atoms with E-state index in [4.69, 9.17) is 23.1 Å². The van der Waals surface area contributed by atoms with Crippen molar-refractivity contribution >= 4 is 28.8 Å². The van der Waals surface area contributed by atoms with Gasteiger partial charge < -0.3 is 11.5 Å². The Morgan fingerprint density at radius 3 is 2.64 bits per heavy atom. The third kappa shape index (κ3) is 1.92. The second-order valence-electron chi connectivity index (χ2n) is 2.02. The molecule has 1 rings (SSSR count). The van der Waals surface area contributed by atoms with Crippen LogP contribution in [0.25, 0.3) is 0 Å². The molecule has 0 aromatic carbocycles. The van der Waals surface area contributed by atoms with Gasteiger partial charge in [-0.1, -0.05) is 11.6 Å². The summed E-state index contributed by atoms with van der Waals surface area (Å²) < 4.78 is 0.608. The van der Waals surface area contributed by atoms with Gasteiger partial charge in [-0.25, -0.2) is 0 Å². The van der Waals surface area contributed by atoms with E-state index in [2.05, 4.69) is 0 Å². The minimum atomic E-state index is -0.729. The molecule has 5 heteroatoms. The van der Waals surface area contributed by atoms with Crippen LogP contribution in [-0.2, 0) is 4.79 Å². The Morgan fingerprint density at radius 2 is 2.27 bits per heavy atom. The molecule has 1 aromatic heterocycles. The average molecular weight is 191 g/mol. The number of thiophene rings is 1. The maximum absolute atomic E-state index is 10.6. The molecule has 0 aliphatic carbocycles. The fraction of sp³-hybridized carbons (Fsp3) is 0.167. The molecule has 1 atom stereocenters. The summed E-state index contributed by atoms with van der Waals surface area (Å²) in [4.78, 5) is 11.3. The summed E-state index contributed by atoms with van der Waals surface area (Å²) in [6.07, 6.45) is 0. The highest BCUT2D eigenvalue weighted by Gasteiger charge is 2.13. The van der Waals surface area contributed by atoms with Gasteiger partial charge in [-0.15, -0.1) is 11.3 Å². The van der Waals surface area contributed by atoms with Gasteiger partial charge in [-0.3, -0.25) is 4.79 Å². The van der Waals surface area contributed by atoms with Gasteiger partial charge in [0.2, 0.25) is 5.91 Å². The fourth-order valence-corrected chi connectivity index (χ4v) is 1.71. The number of primary amides is 1. The lowest BCUT2D eigenvalue weighted by Crippen LogP contribution is -2.27. The second-order valence-corrected chi connectivity index (χ2v) is 3.77. The van der Waals surface area contributed by atoms with Gasteiger partial charge in [0.25, 0.3) is 0 Å². The summed E-state index contributed by atoms with van der Waals surface area (Å²) in [6, 6.07) is 2.65. The molecule has 1 heterocycles. The standard InChI is InChI=1S/C6H7ClN2OS/c7-4-2-1-3(11-4)5(8)6(9)10/h1-2,5H,8H2,(H2,9,10). The van der Waals surface area contributed by atoms with Crippen LogP contribution in [0.5, 0.6) is 0 Å². The van der Waals surface area contributed by atoms with Gasteiger partial charge in [0.05, 0.1) is 4.34 Å². The molecule has 0 spiro atoms. The Labute approximate surface area is 72.9 Å². The van der Waals surface area contributed by atoms with Crippen LogP contribution in [0.15, 0.2) is 12.1 Å². The minimum Gasteiger partial charge on any atom is -0.368 e. The lowest BCUT2D eigenvalue weighted by Gasteiger charge is -2.01. The number of hydrogen-bond acceptors (Lipinski definition) is 3. The first kappa shape index (κ1) is 8.52. The van der Waals surface area contributed by atoms with Crippen molar-refractivity contribution in [2.75, 3.05) is 0 Å². The molecule has 0 saturated carbocycles. The molecule has 1 amide bonds. The number of nitrogens with two attached hydrogens (primary N) is 2. The predicted octanol–water partition coefficient (Wildman–Crippen LogP) is 0.887. The van der Waals surface area contributed by atoms with E-state index in [1.165, 1.54) is 11.3 Å². The van der Waals surface area contributed by atoms with Crippen molar-refractivity contribution in [3.8, 4) is 0 Å². The van der Waals surface area contributed by atoms with Crippen molar-refractivity contribution in [1.29, 1.82) is 0 Å². The van der Waals surface area contributed by atoms with Crippen molar-refractivity contribution in [1.82, 2.24) is 0 Å². The minimum absolute atomic E-state index is 0.538. The molecule has 11 heavy (non-hydrogen) atoms. The first-order chi connectivity index (χ1) is 5.11. The number of carbonyl (C=O) groups is 1. The van der Waals surface area contributed by atoms with Gasteiger partial charge >= 0.3 is 0 Å². The molecule has 1 aromatic rings. The predicted molar refractivity (Wildman–Crippen MR) is 45.5 cm³/mol. The van der Waals surface area contributed by atoms with Crippen molar-refractivity contribution in [3.05, 3.63) is 21.3 Å². The number of carbonyl (C=O) groups excluding carboxylic acids is 1. The summed E-state index contributed by atoms with van der Waals surface area (Å²) in [5, 5.41) is 0. The van der Waals surface area contributed by atoms with Gasteiger partial charge in [-0.2, -0.15) is 0 Å². The molecule has 4 N–H and O–H groups in total. The zero-order valence-corrected chi connectivity index (χ0v) is 7.15. The zero-order valence-electron chi connectivity index (χ0n) is 5.58. The molecular weight excluding hydrogens is 184 g/mol. The second kappa shape index (κ2) is 3.21. The summed E-state index contributed by atoms with van der Waals surface area (Å²) in [6.45, 7) is 0. The first-order valence-corrected chi connectivity index (χ1v) is 4.11. The van der Waals surface area contributed by atoms with Crippen molar-refractivity contribution in [2.24, 2.45) is 11.5 Å². The van der Waals surface area contributed by atoms with Crippen molar-refractivity contribution < 1.29 is 4.79 Å². The molecular formula is C6H7ClN2OS. The molecule has 0 aliphatic heterocycles. The van der Waals surface area contributed by atoms with Gasteiger partial charge in [-0.05, 0) is 12.1 Å². The summed E-state index contributed by atoms with van der Waals surface area (Å²) in [7, 11) is 0. The third-order valence-electron chi connectivity index (χ3n) is 1.21. The smallest absolute Gasteiger partial charge is 0.239 e. The van der Waals surface area contributed by atoms with Crippen LogP contribution in [0.4, 0.5) is 0 Å². The number of hydrogen-bond donors (Lipinski definition) is 2. The Hall–Kier alpha value is -0.580. The van der Waals surface area contributed by atoms with Crippen LogP contribution in [0.1, 0.15) is 10.9 Å². The molecule has 0 aliphatic rings. The fourth-order valence-electron chi connectivity index (χ4n) is 0.636. The van der Waals surface area contributed by atoms with Gasteiger partial charge in [0, 0.05) is 4.88 Å². The van der Waals surface area contributed by atoms with E-state index >= 15 is 0 Å². The van der Waals surface area contributed by atoms with Crippen LogP contribution in [0.2, 0.25) is 4.34 Å². The van der Waals surface area contributed by atoms with Crippen LogP contribution in [0, 0.1) is 0 Å². The first-order valence-electron chi connectivity index (χ1n) is 2.91. The van der Waals surface area contributed by atoms with Crippen molar-refractivity contribution in [2.45, 2.75) is 6.04 Å². The van der Waals surface area contributed by atoms with E-state index in [0.29, 0.717) is 9.21 Å². The molecule has 0 bridgehead atoms. The van der Waals surface area contributed by atoms with E-state index in [1.807, 2.05) is 0 Å². The Morgan fingerprint density at radius 1 is 1.64 bits per heavy atom. The number of amides is 1. The highest BCUT2D eigenvalue weighted by Crippen LogP contribution is 2.25. The molecule has 0 saturated heterocycles. The average Bonchev–Trinajstić information content (AvgIpc) is 2.34. The van der Waals surface area contributed by atoms with Gasteiger partial charge in [0.1, 0.15) is 6.04 Å². The Kier molecular flexibility index (Phi) is 2.49. The summed E-state index contributed by atoms with van der Waals surface area (Å²) in [5.74, 6) is -0.538. The number of rotatable bonds is 2. The van der Waals surface area contributed by atoms with E-state index in [9.17, 15) is 4.79 Å². The zero-order chi connectivity index (χ0) is 8.43. The maximum atomic E-state index is 10.6. The van der Waals surface area contributed by atoms with Crippen molar-refractivity contribution in [3.63, 3.8) is 0 Å². The van der Waals surface area contributed by atoms with E-state index < -0.39 is 11.9 Å². The maximum Gasteiger partial charge on any atom is 0.239 e. The molecule has 0 fully saturated rings. The SMILES string of the molecule is NC(=O)C(N)c1ccc(Cl)s1.